The summed E-state index contributed by atoms with van der Waals surface area (Å²) in [4.78, 5) is 32.1. The number of likely N-dealkylation sites (N-methyl/N-ethyl adjacent to an activating group) is 2. The lowest BCUT2D eigenvalue weighted by atomic mass is 10.0. The van der Waals surface area contributed by atoms with Crippen LogP contribution in [0.2, 0.25) is 0 Å². The van der Waals surface area contributed by atoms with Crippen LogP contribution in [0.4, 0.5) is 0 Å². The maximum absolute atomic E-state index is 12.8. The number of rotatable bonds is 6. The molecule has 0 aromatic carbocycles. The normalized spacial score (nSPS) is 23.3. The topological polar surface area (TPSA) is 67.7 Å². The lowest BCUT2D eigenvalue weighted by Crippen LogP contribution is -2.46. The SMILES string of the molecule is CO[C@@H]1[C@H](N(C)C(C)=O)CC[C@H]1C(=O)N(C)CCn1ccnc1C. The molecule has 1 saturated carbocycles. The highest BCUT2D eigenvalue weighted by Crippen LogP contribution is 2.32. The summed E-state index contributed by atoms with van der Waals surface area (Å²) in [5.41, 5.74) is 0. The maximum Gasteiger partial charge on any atom is 0.228 e. The Morgan fingerprint density at radius 2 is 2.08 bits per heavy atom. The van der Waals surface area contributed by atoms with Crippen molar-refractivity contribution in [2.24, 2.45) is 5.92 Å². The van der Waals surface area contributed by atoms with Crippen LogP contribution in [0.15, 0.2) is 12.4 Å². The molecule has 134 valence electrons. The molecule has 0 radical (unpaired) electrons. The van der Waals surface area contributed by atoms with E-state index in [4.69, 9.17) is 4.74 Å². The summed E-state index contributed by atoms with van der Waals surface area (Å²) in [6.07, 6.45) is 4.97. The lowest BCUT2D eigenvalue weighted by Gasteiger charge is -2.31. The molecular formula is C17H28N4O3. The molecule has 0 saturated heterocycles. The van der Waals surface area contributed by atoms with Crippen molar-refractivity contribution in [1.82, 2.24) is 19.4 Å². The van der Waals surface area contributed by atoms with Gasteiger partial charge in [-0.1, -0.05) is 0 Å². The van der Waals surface area contributed by atoms with Gasteiger partial charge in [0.15, 0.2) is 0 Å². The number of nitrogens with zero attached hydrogens (tertiary/aromatic N) is 4. The quantitative estimate of drug-likeness (QED) is 0.775. The minimum absolute atomic E-state index is 0.000846. The highest BCUT2D eigenvalue weighted by atomic mass is 16.5. The summed E-state index contributed by atoms with van der Waals surface area (Å²) < 4.78 is 7.62. The third kappa shape index (κ3) is 3.77. The van der Waals surface area contributed by atoms with Crippen molar-refractivity contribution in [2.45, 2.75) is 45.4 Å². The number of hydrogen-bond donors (Lipinski definition) is 0. The molecule has 1 aliphatic carbocycles. The smallest absolute Gasteiger partial charge is 0.228 e. The zero-order valence-electron chi connectivity index (χ0n) is 15.2. The Bertz CT molecular complexity index is 586. The van der Waals surface area contributed by atoms with Gasteiger partial charge in [-0.05, 0) is 19.8 Å². The molecule has 0 unspecified atom stereocenters. The van der Waals surface area contributed by atoms with Crippen molar-refractivity contribution in [2.75, 3.05) is 27.7 Å². The van der Waals surface area contributed by atoms with E-state index in [0.717, 1.165) is 25.2 Å². The number of aryl methyl sites for hydroxylation is 1. The molecule has 2 rings (SSSR count). The van der Waals surface area contributed by atoms with Gasteiger partial charge in [-0.3, -0.25) is 9.59 Å². The first-order valence-electron chi connectivity index (χ1n) is 8.35. The number of methoxy groups -OCH3 is 1. The fraction of sp³-hybridized carbons (Fsp3) is 0.706. The minimum atomic E-state index is -0.246. The van der Waals surface area contributed by atoms with Gasteiger partial charge < -0.3 is 19.1 Å². The van der Waals surface area contributed by atoms with Crippen LogP contribution in [-0.4, -0.2) is 71.1 Å². The molecule has 0 spiro atoms. The third-order valence-corrected chi connectivity index (χ3v) is 5.11. The second-order valence-electron chi connectivity index (χ2n) is 6.51. The first kappa shape index (κ1) is 18.4. The summed E-state index contributed by atoms with van der Waals surface area (Å²) in [5, 5.41) is 0. The van der Waals surface area contributed by atoms with Crippen molar-refractivity contribution < 1.29 is 14.3 Å². The molecule has 0 N–H and O–H groups in total. The van der Waals surface area contributed by atoms with Crippen molar-refractivity contribution in [3.63, 3.8) is 0 Å². The molecule has 24 heavy (non-hydrogen) atoms. The summed E-state index contributed by atoms with van der Waals surface area (Å²) in [7, 11) is 5.22. The van der Waals surface area contributed by atoms with Gasteiger partial charge in [-0.2, -0.15) is 0 Å². The number of ether oxygens (including phenoxy) is 1. The Labute approximate surface area is 143 Å². The van der Waals surface area contributed by atoms with Crippen molar-refractivity contribution >= 4 is 11.8 Å². The van der Waals surface area contributed by atoms with Gasteiger partial charge in [-0.25, -0.2) is 4.98 Å². The molecule has 0 aliphatic heterocycles. The number of amides is 2. The third-order valence-electron chi connectivity index (χ3n) is 5.11. The molecule has 1 heterocycles. The Balaban J connectivity index is 1.97. The second-order valence-corrected chi connectivity index (χ2v) is 6.51. The van der Waals surface area contributed by atoms with Crippen LogP contribution in [0.3, 0.4) is 0 Å². The van der Waals surface area contributed by atoms with E-state index < -0.39 is 0 Å². The van der Waals surface area contributed by atoms with Crippen molar-refractivity contribution in [3.8, 4) is 0 Å². The van der Waals surface area contributed by atoms with Gasteiger partial charge in [0.2, 0.25) is 11.8 Å². The number of aromatic nitrogens is 2. The number of imidazole rings is 1. The van der Waals surface area contributed by atoms with Crippen LogP contribution in [0.1, 0.15) is 25.6 Å². The van der Waals surface area contributed by atoms with E-state index in [1.807, 2.05) is 24.7 Å². The molecule has 1 aliphatic rings. The van der Waals surface area contributed by atoms with Crippen molar-refractivity contribution in [1.29, 1.82) is 0 Å². The van der Waals surface area contributed by atoms with Gasteiger partial charge in [0.05, 0.1) is 18.1 Å². The Morgan fingerprint density at radius 3 is 2.62 bits per heavy atom. The maximum atomic E-state index is 12.8. The molecule has 1 aromatic heterocycles. The molecular weight excluding hydrogens is 308 g/mol. The van der Waals surface area contributed by atoms with E-state index in [9.17, 15) is 9.59 Å². The van der Waals surface area contributed by atoms with Gasteiger partial charge in [0, 0.05) is 53.6 Å². The van der Waals surface area contributed by atoms with Gasteiger partial charge in [0.25, 0.3) is 0 Å². The molecule has 7 nitrogen and oxygen atoms in total. The van der Waals surface area contributed by atoms with Crippen LogP contribution in [0.25, 0.3) is 0 Å². The van der Waals surface area contributed by atoms with Crippen molar-refractivity contribution in [3.05, 3.63) is 18.2 Å². The summed E-state index contributed by atoms with van der Waals surface area (Å²) >= 11 is 0. The molecule has 3 atom stereocenters. The van der Waals surface area contributed by atoms with Crippen LogP contribution in [0, 0.1) is 12.8 Å². The molecule has 1 aromatic rings. The van der Waals surface area contributed by atoms with E-state index in [2.05, 4.69) is 4.98 Å². The van der Waals surface area contributed by atoms with Crippen LogP contribution in [0.5, 0.6) is 0 Å². The van der Waals surface area contributed by atoms with E-state index in [1.54, 1.807) is 37.1 Å². The monoisotopic (exact) mass is 336 g/mol. The largest absolute Gasteiger partial charge is 0.378 e. The number of hydrogen-bond acceptors (Lipinski definition) is 4. The van der Waals surface area contributed by atoms with Gasteiger partial charge >= 0.3 is 0 Å². The molecule has 2 amide bonds. The highest BCUT2D eigenvalue weighted by molar-refractivity contribution is 5.80. The Morgan fingerprint density at radius 1 is 1.38 bits per heavy atom. The van der Waals surface area contributed by atoms with E-state index in [-0.39, 0.29) is 29.9 Å². The van der Waals surface area contributed by atoms with Gasteiger partial charge in [0.1, 0.15) is 5.82 Å². The fourth-order valence-electron chi connectivity index (χ4n) is 3.47. The Hall–Kier alpha value is -1.89. The first-order valence-corrected chi connectivity index (χ1v) is 8.35. The summed E-state index contributed by atoms with van der Waals surface area (Å²) in [6.45, 7) is 4.83. The Kier molecular flexibility index (Phi) is 5.99. The van der Waals surface area contributed by atoms with Crippen LogP contribution < -0.4 is 0 Å². The van der Waals surface area contributed by atoms with E-state index >= 15 is 0 Å². The second kappa shape index (κ2) is 7.79. The average Bonchev–Trinajstić information content (AvgIpc) is 3.16. The predicted molar refractivity (Wildman–Crippen MR) is 90.4 cm³/mol. The zero-order chi connectivity index (χ0) is 17.9. The zero-order valence-corrected chi connectivity index (χ0v) is 15.2. The first-order chi connectivity index (χ1) is 11.4. The van der Waals surface area contributed by atoms with Crippen LogP contribution in [-0.2, 0) is 20.9 Å². The predicted octanol–water partition coefficient (Wildman–Crippen LogP) is 0.922. The van der Waals surface area contributed by atoms with E-state index in [1.165, 1.54) is 0 Å². The standard InChI is InChI=1S/C17H28N4O3/c1-12-18-8-9-21(12)11-10-19(3)17(23)14-6-7-15(16(14)24-5)20(4)13(2)22/h8-9,14-16H,6-7,10-11H2,1-5H3/t14-,15-,16+/m1/s1. The summed E-state index contributed by atoms with van der Waals surface area (Å²) in [6, 6.07) is -0.0363. The number of carbonyl (C=O) groups is 2. The highest BCUT2D eigenvalue weighted by Gasteiger charge is 2.43. The number of carbonyl (C=O) groups excluding carboxylic acids is 2. The molecule has 0 bridgehead atoms. The molecule has 1 fully saturated rings. The minimum Gasteiger partial charge on any atom is -0.378 e. The average molecular weight is 336 g/mol. The lowest BCUT2D eigenvalue weighted by molar-refractivity contribution is -0.141. The van der Waals surface area contributed by atoms with Crippen LogP contribution >= 0.6 is 0 Å². The van der Waals surface area contributed by atoms with E-state index in [0.29, 0.717) is 6.54 Å². The summed E-state index contributed by atoms with van der Waals surface area (Å²) in [5.74, 6) is 0.823. The fourth-order valence-corrected chi connectivity index (χ4v) is 3.47. The molecule has 7 heteroatoms. The van der Waals surface area contributed by atoms with Gasteiger partial charge in [-0.15, -0.1) is 0 Å².